The average molecular weight is 267 g/mol. The number of benzene rings is 1. The smallest absolute Gasteiger partial charge is 0.0637 e. The first-order valence-electron chi connectivity index (χ1n) is 5.26. The van der Waals surface area contributed by atoms with E-state index in [0.717, 1.165) is 22.6 Å². The summed E-state index contributed by atoms with van der Waals surface area (Å²) in [5.74, 6) is 0. The van der Waals surface area contributed by atoms with Crippen LogP contribution < -0.4 is 5.73 Å². The van der Waals surface area contributed by atoms with Crippen LogP contribution in [0.4, 0.5) is 0 Å². The van der Waals surface area contributed by atoms with E-state index in [1.54, 1.807) is 12.4 Å². The van der Waals surface area contributed by atoms with E-state index < -0.39 is 0 Å². The Bertz CT molecular complexity index is 497. The highest BCUT2D eigenvalue weighted by atomic mass is 35.5. The Morgan fingerprint density at radius 3 is 2.47 bits per heavy atom. The van der Waals surface area contributed by atoms with E-state index in [0.29, 0.717) is 5.02 Å². The molecule has 17 heavy (non-hydrogen) atoms. The van der Waals surface area contributed by atoms with E-state index in [-0.39, 0.29) is 6.04 Å². The Balaban J connectivity index is 2.14. The molecule has 2 rings (SSSR count). The van der Waals surface area contributed by atoms with Gasteiger partial charge in [0.2, 0.25) is 0 Å². The first-order valence-corrected chi connectivity index (χ1v) is 6.02. The zero-order valence-corrected chi connectivity index (χ0v) is 10.6. The van der Waals surface area contributed by atoms with Crippen LogP contribution in [0.3, 0.4) is 0 Å². The van der Waals surface area contributed by atoms with Crippen molar-refractivity contribution in [1.29, 1.82) is 0 Å². The molecule has 4 heteroatoms. The number of pyridine rings is 1. The molecular weight excluding hydrogens is 255 g/mol. The van der Waals surface area contributed by atoms with Gasteiger partial charge in [0.25, 0.3) is 0 Å². The Kier molecular flexibility index (Phi) is 4.00. The van der Waals surface area contributed by atoms with Gasteiger partial charge in [0.15, 0.2) is 0 Å². The van der Waals surface area contributed by atoms with Crippen LogP contribution >= 0.6 is 23.2 Å². The SMILES string of the molecule is NC(Cc1ccc(Cl)cc1)c1ccncc1Cl. The Hall–Kier alpha value is -1.09. The third kappa shape index (κ3) is 3.19. The molecule has 0 aliphatic heterocycles. The fourth-order valence-electron chi connectivity index (χ4n) is 1.67. The van der Waals surface area contributed by atoms with E-state index in [4.69, 9.17) is 28.9 Å². The second-order valence-corrected chi connectivity index (χ2v) is 4.68. The molecule has 0 bridgehead atoms. The van der Waals surface area contributed by atoms with E-state index in [9.17, 15) is 0 Å². The lowest BCUT2D eigenvalue weighted by Crippen LogP contribution is -2.13. The van der Waals surface area contributed by atoms with Crippen molar-refractivity contribution in [3.63, 3.8) is 0 Å². The van der Waals surface area contributed by atoms with Gasteiger partial charge in [-0.05, 0) is 35.7 Å². The Morgan fingerprint density at radius 2 is 1.82 bits per heavy atom. The van der Waals surface area contributed by atoms with Gasteiger partial charge in [-0.25, -0.2) is 0 Å². The molecule has 0 aliphatic carbocycles. The summed E-state index contributed by atoms with van der Waals surface area (Å²) in [7, 11) is 0. The summed E-state index contributed by atoms with van der Waals surface area (Å²) in [5, 5.41) is 1.33. The van der Waals surface area contributed by atoms with E-state index >= 15 is 0 Å². The summed E-state index contributed by atoms with van der Waals surface area (Å²) in [4.78, 5) is 3.94. The molecule has 1 aromatic heterocycles. The topological polar surface area (TPSA) is 38.9 Å². The van der Waals surface area contributed by atoms with Crippen LogP contribution in [0.25, 0.3) is 0 Å². The van der Waals surface area contributed by atoms with E-state index in [1.165, 1.54) is 0 Å². The summed E-state index contributed by atoms with van der Waals surface area (Å²) in [5.41, 5.74) is 8.17. The first kappa shape index (κ1) is 12.4. The van der Waals surface area contributed by atoms with Crippen molar-refractivity contribution in [2.75, 3.05) is 0 Å². The third-order valence-corrected chi connectivity index (χ3v) is 3.14. The van der Waals surface area contributed by atoms with Crippen LogP contribution in [0, 0.1) is 0 Å². The lowest BCUT2D eigenvalue weighted by molar-refractivity contribution is 0.721. The van der Waals surface area contributed by atoms with Crippen LogP contribution in [0.15, 0.2) is 42.7 Å². The molecular formula is C13H12Cl2N2. The molecule has 1 atom stereocenters. The minimum Gasteiger partial charge on any atom is -0.324 e. The zero-order chi connectivity index (χ0) is 12.3. The second-order valence-electron chi connectivity index (χ2n) is 3.83. The molecule has 1 aromatic carbocycles. The standard InChI is InChI=1S/C13H12Cl2N2/c14-10-3-1-9(2-4-10)7-13(16)11-5-6-17-8-12(11)15/h1-6,8,13H,7,16H2. The predicted octanol–water partition coefficient (Wildman–Crippen LogP) is 3.63. The number of hydrogen-bond donors (Lipinski definition) is 1. The maximum atomic E-state index is 6.12. The van der Waals surface area contributed by atoms with E-state index in [2.05, 4.69) is 4.98 Å². The zero-order valence-electron chi connectivity index (χ0n) is 9.11. The Morgan fingerprint density at radius 1 is 1.12 bits per heavy atom. The number of aromatic nitrogens is 1. The van der Waals surface area contributed by atoms with Gasteiger partial charge in [-0.1, -0.05) is 35.3 Å². The highest BCUT2D eigenvalue weighted by molar-refractivity contribution is 6.31. The molecule has 0 fully saturated rings. The summed E-state index contributed by atoms with van der Waals surface area (Å²) < 4.78 is 0. The summed E-state index contributed by atoms with van der Waals surface area (Å²) in [6.45, 7) is 0. The fourth-order valence-corrected chi connectivity index (χ4v) is 2.06. The van der Waals surface area contributed by atoms with Gasteiger partial charge >= 0.3 is 0 Å². The van der Waals surface area contributed by atoms with Crippen molar-refractivity contribution in [3.8, 4) is 0 Å². The molecule has 0 amide bonds. The highest BCUT2D eigenvalue weighted by Gasteiger charge is 2.10. The molecule has 88 valence electrons. The minimum atomic E-state index is -0.133. The number of rotatable bonds is 3. The van der Waals surface area contributed by atoms with E-state index in [1.807, 2.05) is 30.3 Å². The van der Waals surface area contributed by atoms with Gasteiger partial charge in [-0.15, -0.1) is 0 Å². The molecule has 0 radical (unpaired) electrons. The summed E-state index contributed by atoms with van der Waals surface area (Å²) in [6.07, 6.45) is 4.03. The maximum Gasteiger partial charge on any atom is 0.0637 e. The van der Waals surface area contributed by atoms with Gasteiger partial charge in [0.05, 0.1) is 5.02 Å². The molecule has 0 saturated heterocycles. The van der Waals surface area contributed by atoms with Crippen molar-refractivity contribution in [2.45, 2.75) is 12.5 Å². The molecule has 0 spiro atoms. The predicted molar refractivity (Wildman–Crippen MR) is 71.3 cm³/mol. The van der Waals surface area contributed by atoms with Gasteiger partial charge in [0.1, 0.15) is 0 Å². The van der Waals surface area contributed by atoms with Crippen molar-refractivity contribution in [3.05, 3.63) is 63.9 Å². The summed E-state index contributed by atoms with van der Waals surface area (Å²) in [6, 6.07) is 9.37. The fraction of sp³-hybridized carbons (Fsp3) is 0.154. The Labute approximate surface area is 110 Å². The highest BCUT2D eigenvalue weighted by Crippen LogP contribution is 2.23. The monoisotopic (exact) mass is 266 g/mol. The van der Waals surface area contributed by atoms with Crippen LogP contribution in [0.2, 0.25) is 10.0 Å². The minimum absolute atomic E-state index is 0.133. The van der Waals surface area contributed by atoms with Crippen molar-refractivity contribution in [1.82, 2.24) is 4.98 Å². The van der Waals surface area contributed by atoms with Gasteiger partial charge < -0.3 is 5.73 Å². The van der Waals surface area contributed by atoms with Crippen LogP contribution in [-0.2, 0) is 6.42 Å². The molecule has 1 heterocycles. The molecule has 2 aromatic rings. The maximum absolute atomic E-state index is 6.12. The lowest BCUT2D eigenvalue weighted by atomic mass is 10.0. The van der Waals surface area contributed by atoms with Crippen molar-refractivity contribution in [2.24, 2.45) is 5.73 Å². The van der Waals surface area contributed by atoms with Crippen molar-refractivity contribution < 1.29 is 0 Å². The number of nitrogens with two attached hydrogens (primary N) is 1. The quantitative estimate of drug-likeness (QED) is 0.922. The lowest BCUT2D eigenvalue weighted by Gasteiger charge is -2.13. The molecule has 2 nitrogen and oxygen atoms in total. The largest absolute Gasteiger partial charge is 0.324 e. The second kappa shape index (κ2) is 5.50. The number of nitrogens with zero attached hydrogens (tertiary/aromatic N) is 1. The van der Waals surface area contributed by atoms with Gasteiger partial charge in [-0.3, -0.25) is 4.98 Å². The van der Waals surface area contributed by atoms with Crippen LogP contribution in [0.1, 0.15) is 17.2 Å². The normalized spacial score (nSPS) is 12.4. The molecule has 0 aliphatic rings. The third-order valence-electron chi connectivity index (χ3n) is 2.57. The first-order chi connectivity index (χ1) is 8.16. The van der Waals surface area contributed by atoms with Gasteiger partial charge in [-0.2, -0.15) is 0 Å². The molecule has 0 saturated carbocycles. The summed E-state index contributed by atoms with van der Waals surface area (Å²) >= 11 is 11.9. The van der Waals surface area contributed by atoms with Gasteiger partial charge in [0, 0.05) is 23.5 Å². The van der Waals surface area contributed by atoms with Crippen LogP contribution in [-0.4, -0.2) is 4.98 Å². The number of hydrogen-bond acceptors (Lipinski definition) is 2. The average Bonchev–Trinajstić information content (AvgIpc) is 2.32. The van der Waals surface area contributed by atoms with Crippen LogP contribution in [0.5, 0.6) is 0 Å². The number of halogens is 2. The molecule has 2 N–H and O–H groups in total. The molecule has 1 unspecified atom stereocenters. The van der Waals surface area contributed by atoms with Crippen molar-refractivity contribution >= 4 is 23.2 Å².